The van der Waals surface area contributed by atoms with E-state index in [0.29, 0.717) is 18.0 Å². The normalized spacial score (nSPS) is 17.5. The van der Waals surface area contributed by atoms with E-state index in [1.807, 2.05) is 13.0 Å². The van der Waals surface area contributed by atoms with Crippen molar-refractivity contribution in [1.29, 1.82) is 0 Å². The molecule has 0 atom stereocenters. The number of benzene rings is 1. The molecule has 30 heavy (non-hydrogen) atoms. The number of halogens is 1. The summed E-state index contributed by atoms with van der Waals surface area (Å²) < 4.78 is 20.8. The van der Waals surface area contributed by atoms with E-state index in [0.717, 1.165) is 73.5 Å². The predicted molar refractivity (Wildman–Crippen MR) is 113 cm³/mol. The molecule has 0 radical (unpaired) electrons. The summed E-state index contributed by atoms with van der Waals surface area (Å²) in [5, 5.41) is 4.94. The first-order valence-corrected chi connectivity index (χ1v) is 10.6. The van der Waals surface area contributed by atoms with Gasteiger partial charge in [-0.25, -0.2) is 9.37 Å². The van der Waals surface area contributed by atoms with E-state index in [2.05, 4.69) is 21.1 Å². The summed E-state index contributed by atoms with van der Waals surface area (Å²) in [4.78, 5) is 19.9. The van der Waals surface area contributed by atoms with Crippen molar-refractivity contribution in [2.45, 2.75) is 45.1 Å². The van der Waals surface area contributed by atoms with Crippen molar-refractivity contribution < 1.29 is 8.91 Å². The lowest BCUT2D eigenvalue weighted by atomic mass is 9.92. The number of piperidine rings is 1. The Morgan fingerprint density at radius 1 is 1.23 bits per heavy atom. The molecule has 3 aromatic rings. The third kappa shape index (κ3) is 3.47. The van der Waals surface area contributed by atoms with Crippen molar-refractivity contribution in [1.82, 2.24) is 19.6 Å². The average Bonchev–Trinajstić information content (AvgIpc) is 3.17. The number of aromatic nitrogens is 3. The van der Waals surface area contributed by atoms with Crippen LogP contribution in [0.15, 0.2) is 33.6 Å². The first kappa shape index (κ1) is 19.2. The highest BCUT2D eigenvalue weighted by atomic mass is 19.1. The number of fused-ring (bicyclic) bond motifs is 2. The van der Waals surface area contributed by atoms with Crippen LogP contribution in [0.25, 0.3) is 17.0 Å². The molecule has 4 heterocycles. The summed E-state index contributed by atoms with van der Waals surface area (Å²) in [6.07, 6.45) is 7.54. The lowest BCUT2D eigenvalue weighted by Gasteiger charge is -2.31. The van der Waals surface area contributed by atoms with Crippen molar-refractivity contribution in [2.24, 2.45) is 0 Å². The van der Waals surface area contributed by atoms with Gasteiger partial charge in [0.05, 0.1) is 0 Å². The quantitative estimate of drug-likeness (QED) is 0.659. The molecule has 1 saturated heterocycles. The Hall–Kier alpha value is -2.80. The number of likely N-dealkylation sites (tertiary alicyclic amines) is 1. The first-order chi connectivity index (χ1) is 14.6. The van der Waals surface area contributed by atoms with Gasteiger partial charge in [0.2, 0.25) is 0 Å². The zero-order valence-electron chi connectivity index (χ0n) is 17.1. The standard InChI is InChI=1S/C23H25FN4O2/c1-15-18(23(29)28-10-3-2-4-21(28)25-15)9-13-27-11-7-16(8-12-27)22-19-6-5-17(24)14-20(19)26-30-22/h2,4-6,14,16H,3,7-13H2,1H3. The molecule has 0 bridgehead atoms. The summed E-state index contributed by atoms with van der Waals surface area (Å²) in [6.45, 7) is 5.38. The van der Waals surface area contributed by atoms with Crippen LogP contribution in [-0.4, -0.2) is 39.2 Å². The maximum absolute atomic E-state index is 13.4. The minimum atomic E-state index is -0.295. The van der Waals surface area contributed by atoms with E-state index in [1.165, 1.54) is 12.1 Å². The molecule has 0 spiro atoms. The molecular weight excluding hydrogens is 383 g/mol. The van der Waals surface area contributed by atoms with Crippen LogP contribution < -0.4 is 5.56 Å². The van der Waals surface area contributed by atoms with Gasteiger partial charge in [0.15, 0.2) is 0 Å². The zero-order chi connectivity index (χ0) is 20.7. The minimum Gasteiger partial charge on any atom is -0.360 e. The lowest BCUT2D eigenvalue weighted by Crippen LogP contribution is -2.36. The third-order valence-corrected chi connectivity index (χ3v) is 6.39. The molecule has 7 heteroatoms. The Morgan fingerprint density at radius 2 is 2.07 bits per heavy atom. The summed E-state index contributed by atoms with van der Waals surface area (Å²) in [5.74, 6) is 1.63. The van der Waals surface area contributed by atoms with Gasteiger partial charge in [0.1, 0.15) is 22.9 Å². The van der Waals surface area contributed by atoms with Gasteiger partial charge in [-0.1, -0.05) is 11.2 Å². The topological polar surface area (TPSA) is 64.2 Å². The van der Waals surface area contributed by atoms with Crippen LogP contribution in [0.4, 0.5) is 4.39 Å². The van der Waals surface area contributed by atoms with Gasteiger partial charge < -0.3 is 9.42 Å². The van der Waals surface area contributed by atoms with Crippen LogP contribution in [0.3, 0.4) is 0 Å². The van der Waals surface area contributed by atoms with E-state index < -0.39 is 0 Å². The average molecular weight is 408 g/mol. The minimum absolute atomic E-state index is 0.108. The third-order valence-electron chi connectivity index (χ3n) is 6.39. The van der Waals surface area contributed by atoms with Crippen LogP contribution in [0.1, 0.15) is 48.0 Å². The highest BCUT2D eigenvalue weighted by molar-refractivity contribution is 5.80. The number of hydrogen-bond acceptors (Lipinski definition) is 5. The van der Waals surface area contributed by atoms with Gasteiger partial charge in [-0.15, -0.1) is 0 Å². The van der Waals surface area contributed by atoms with E-state index >= 15 is 0 Å². The van der Waals surface area contributed by atoms with Crippen molar-refractivity contribution >= 4 is 17.0 Å². The maximum atomic E-state index is 13.4. The molecule has 1 aromatic carbocycles. The number of aryl methyl sites for hydroxylation is 1. The fraction of sp³-hybridized carbons (Fsp3) is 0.435. The SMILES string of the molecule is Cc1nc2n(c(=O)c1CCN1CCC(c3onc4cc(F)ccc34)CC1)CCC=C2. The molecule has 0 unspecified atom stereocenters. The molecule has 2 aliphatic rings. The van der Waals surface area contributed by atoms with Gasteiger partial charge in [0.25, 0.3) is 5.56 Å². The maximum Gasteiger partial charge on any atom is 0.257 e. The van der Waals surface area contributed by atoms with E-state index in [4.69, 9.17) is 4.52 Å². The fourth-order valence-electron chi connectivity index (χ4n) is 4.66. The van der Waals surface area contributed by atoms with Crippen LogP contribution in [0.5, 0.6) is 0 Å². The van der Waals surface area contributed by atoms with Gasteiger partial charge in [-0.2, -0.15) is 0 Å². The second-order valence-electron chi connectivity index (χ2n) is 8.26. The van der Waals surface area contributed by atoms with Crippen molar-refractivity contribution in [2.75, 3.05) is 19.6 Å². The Kier molecular flexibility index (Phi) is 4.98. The summed E-state index contributed by atoms with van der Waals surface area (Å²) in [5.41, 5.74) is 2.36. The predicted octanol–water partition coefficient (Wildman–Crippen LogP) is 3.67. The molecule has 0 N–H and O–H groups in total. The molecular formula is C23H25FN4O2. The molecule has 2 aliphatic heterocycles. The smallest absolute Gasteiger partial charge is 0.257 e. The monoisotopic (exact) mass is 408 g/mol. The van der Waals surface area contributed by atoms with E-state index in [9.17, 15) is 9.18 Å². The van der Waals surface area contributed by atoms with E-state index in [-0.39, 0.29) is 11.4 Å². The molecule has 2 aromatic heterocycles. The number of hydrogen-bond donors (Lipinski definition) is 0. The molecule has 0 amide bonds. The van der Waals surface area contributed by atoms with Crippen molar-refractivity contribution in [3.05, 3.63) is 63.3 Å². The van der Waals surface area contributed by atoms with Crippen LogP contribution in [0.2, 0.25) is 0 Å². The number of nitrogens with zero attached hydrogens (tertiary/aromatic N) is 4. The summed E-state index contributed by atoms with van der Waals surface area (Å²) >= 11 is 0. The van der Waals surface area contributed by atoms with Crippen LogP contribution in [0, 0.1) is 12.7 Å². The Morgan fingerprint density at radius 3 is 2.90 bits per heavy atom. The van der Waals surface area contributed by atoms with Crippen molar-refractivity contribution in [3.63, 3.8) is 0 Å². The highest BCUT2D eigenvalue weighted by Gasteiger charge is 2.26. The number of allylic oxidation sites excluding steroid dienone is 1. The van der Waals surface area contributed by atoms with Gasteiger partial charge >= 0.3 is 0 Å². The van der Waals surface area contributed by atoms with Gasteiger partial charge in [-0.05, 0) is 63.9 Å². The molecule has 1 fully saturated rings. The second-order valence-corrected chi connectivity index (χ2v) is 8.26. The molecule has 6 nitrogen and oxygen atoms in total. The Balaban J connectivity index is 1.24. The van der Waals surface area contributed by atoms with Crippen LogP contribution >= 0.6 is 0 Å². The van der Waals surface area contributed by atoms with Gasteiger partial charge in [-0.3, -0.25) is 9.36 Å². The summed E-state index contributed by atoms with van der Waals surface area (Å²) in [6, 6.07) is 4.64. The van der Waals surface area contributed by atoms with Gasteiger partial charge in [0, 0.05) is 41.7 Å². The second kappa shape index (κ2) is 7.80. The Labute approximate surface area is 174 Å². The van der Waals surface area contributed by atoms with Crippen molar-refractivity contribution in [3.8, 4) is 0 Å². The Bertz CT molecular complexity index is 1170. The molecule has 5 rings (SSSR count). The first-order valence-electron chi connectivity index (χ1n) is 10.6. The largest absolute Gasteiger partial charge is 0.360 e. The lowest BCUT2D eigenvalue weighted by molar-refractivity contribution is 0.199. The fourth-order valence-corrected chi connectivity index (χ4v) is 4.66. The molecule has 0 aliphatic carbocycles. The number of rotatable bonds is 4. The van der Waals surface area contributed by atoms with Crippen LogP contribution in [-0.2, 0) is 13.0 Å². The zero-order valence-corrected chi connectivity index (χ0v) is 17.1. The van der Waals surface area contributed by atoms with E-state index in [1.54, 1.807) is 10.6 Å². The summed E-state index contributed by atoms with van der Waals surface area (Å²) in [7, 11) is 0. The molecule has 156 valence electrons. The molecule has 0 saturated carbocycles. The highest BCUT2D eigenvalue weighted by Crippen LogP contribution is 2.33.